The van der Waals surface area contributed by atoms with E-state index >= 15 is 0 Å². The van der Waals surface area contributed by atoms with Crippen LogP contribution >= 0.6 is 0 Å². The molecule has 0 saturated heterocycles. The van der Waals surface area contributed by atoms with Crippen LogP contribution in [-0.2, 0) is 6.54 Å². The zero-order valence-electron chi connectivity index (χ0n) is 7.72. The highest BCUT2D eigenvalue weighted by Crippen LogP contribution is 2.04. The highest BCUT2D eigenvalue weighted by atomic mass is 15.1. The SMILES string of the molecule is CCCn1cnc(-n2cccc2)c1. The minimum Gasteiger partial charge on any atom is -0.335 e. The van der Waals surface area contributed by atoms with Gasteiger partial charge in [0, 0.05) is 25.1 Å². The zero-order chi connectivity index (χ0) is 9.10. The maximum atomic E-state index is 4.30. The molecule has 3 heteroatoms. The maximum Gasteiger partial charge on any atom is 0.154 e. The second-order valence-electron chi connectivity index (χ2n) is 3.06. The Hall–Kier alpha value is -1.51. The van der Waals surface area contributed by atoms with Crippen molar-refractivity contribution in [1.29, 1.82) is 0 Å². The van der Waals surface area contributed by atoms with E-state index in [1.807, 2.05) is 35.4 Å². The summed E-state index contributed by atoms with van der Waals surface area (Å²) in [7, 11) is 0. The Kier molecular flexibility index (Phi) is 2.17. The Morgan fingerprint density at radius 2 is 2.08 bits per heavy atom. The molecule has 3 nitrogen and oxygen atoms in total. The first kappa shape index (κ1) is 8.10. The van der Waals surface area contributed by atoms with E-state index in [0.29, 0.717) is 0 Å². The molecular formula is C10H13N3. The van der Waals surface area contributed by atoms with Crippen molar-refractivity contribution < 1.29 is 0 Å². The third-order valence-corrected chi connectivity index (χ3v) is 1.97. The van der Waals surface area contributed by atoms with E-state index in [1.54, 1.807) is 0 Å². The van der Waals surface area contributed by atoms with Crippen LogP contribution in [-0.4, -0.2) is 14.1 Å². The highest BCUT2D eigenvalue weighted by molar-refractivity contribution is 5.19. The minimum atomic E-state index is 0.985. The van der Waals surface area contributed by atoms with Crippen LogP contribution in [0.5, 0.6) is 0 Å². The molecule has 0 atom stereocenters. The quantitative estimate of drug-likeness (QED) is 0.700. The summed E-state index contributed by atoms with van der Waals surface area (Å²) in [6.07, 6.45) is 9.07. The third kappa shape index (κ3) is 1.64. The van der Waals surface area contributed by atoms with Crippen LogP contribution in [0.1, 0.15) is 13.3 Å². The molecule has 2 heterocycles. The van der Waals surface area contributed by atoms with Crippen LogP contribution in [0.25, 0.3) is 5.82 Å². The molecule has 0 spiro atoms. The van der Waals surface area contributed by atoms with Crippen LogP contribution in [0.2, 0.25) is 0 Å². The molecule has 0 radical (unpaired) electrons. The topological polar surface area (TPSA) is 22.8 Å². The second kappa shape index (κ2) is 3.47. The first-order valence-corrected chi connectivity index (χ1v) is 4.55. The Bertz CT molecular complexity index is 359. The summed E-state index contributed by atoms with van der Waals surface area (Å²) in [5.74, 6) is 0.985. The van der Waals surface area contributed by atoms with Crippen molar-refractivity contribution in [2.75, 3.05) is 0 Å². The van der Waals surface area contributed by atoms with E-state index in [9.17, 15) is 0 Å². The Labute approximate surface area is 77.6 Å². The predicted octanol–water partition coefficient (Wildman–Crippen LogP) is 2.08. The summed E-state index contributed by atoms with van der Waals surface area (Å²) in [5, 5.41) is 0. The van der Waals surface area contributed by atoms with Gasteiger partial charge in [0.15, 0.2) is 5.82 Å². The fourth-order valence-corrected chi connectivity index (χ4v) is 1.35. The summed E-state index contributed by atoms with van der Waals surface area (Å²) in [4.78, 5) is 4.30. The van der Waals surface area contributed by atoms with Crippen LogP contribution < -0.4 is 0 Å². The summed E-state index contributed by atoms with van der Waals surface area (Å²) in [5.41, 5.74) is 0. The molecule has 2 aromatic rings. The van der Waals surface area contributed by atoms with Crippen molar-refractivity contribution in [2.24, 2.45) is 0 Å². The summed E-state index contributed by atoms with van der Waals surface area (Å²) in [6.45, 7) is 3.20. The lowest BCUT2D eigenvalue weighted by Crippen LogP contribution is -1.92. The molecule has 0 amide bonds. The molecule has 13 heavy (non-hydrogen) atoms. The van der Waals surface area contributed by atoms with Crippen LogP contribution in [0.4, 0.5) is 0 Å². The lowest BCUT2D eigenvalue weighted by Gasteiger charge is -1.96. The maximum absolute atomic E-state index is 4.30. The van der Waals surface area contributed by atoms with Crippen molar-refractivity contribution in [2.45, 2.75) is 19.9 Å². The molecule has 0 aromatic carbocycles. The fraction of sp³-hybridized carbons (Fsp3) is 0.300. The number of aryl methyl sites for hydroxylation is 1. The Balaban J connectivity index is 2.23. The molecule has 0 N–H and O–H groups in total. The van der Waals surface area contributed by atoms with Gasteiger partial charge in [-0.2, -0.15) is 0 Å². The molecule has 0 saturated carbocycles. The van der Waals surface area contributed by atoms with Gasteiger partial charge in [0.05, 0.1) is 6.33 Å². The van der Waals surface area contributed by atoms with E-state index in [4.69, 9.17) is 0 Å². The van der Waals surface area contributed by atoms with Crippen LogP contribution in [0, 0.1) is 0 Å². The molecule has 0 aliphatic rings. The number of imidazole rings is 1. The van der Waals surface area contributed by atoms with Gasteiger partial charge in [0.25, 0.3) is 0 Å². The molecule has 0 aliphatic carbocycles. The monoisotopic (exact) mass is 175 g/mol. The number of nitrogens with zero attached hydrogens (tertiary/aromatic N) is 3. The largest absolute Gasteiger partial charge is 0.335 e. The molecule has 2 aromatic heterocycles. The Morgan fingerprint density at radius 3 is 2.77 bits per heavy atom. The van der Waals surface area contributed by atoms with Crippen molar-refractivity contribution >= 4 is 0 Å². The standard InChI is InChI=1S/C10H13N3/c1-2-5-12-8-10(11-9-12)13-6-3-4-7-13/h3-4,6-9H,2,5H2,1H3. The molecule has 68 valence electrons. The van der Waals surface area contributed by atoms with Gasteiger partial charge in [0.2, 0.25) is 0 Å². The lowest BCUT2D eigenvalue weighted by molar-refractivity contribution is 0.678. The van der Waals surface area contributed by atoms with Gasteiger partial charge in [0.1, 0.15) is 0 Å². The molecule has 2 rings (SSSR count). The van der Waals surface area contributed by atoms with E-state index in [-0.39, 0.29) is 0 Å². The first-order valence-electron chi connectivity index (χ1n) is 4.55. The van der Waals surface area contributed by atoms with Crippen molar-refractivity contribution in [3.05, 3.63) is 37.1 Å². The van der Waals surface area contributed by atoms with Gasteiger partial charge < -0.3 is 9.13 Å². The van der Waals surface area contributed by atoms with Gasteiger partial charge in [-0.15, -0.1) is 0 Å². The van der Waals surface area contributed by atoms with Crippen molar-refractivity contribution in [1.82, 2.24) is 14.1 Å². The average molecular weight is 175 g/mol. The number of aromatic nitrogens is 3. The van der Waals surface area contributed by atoms with E-state index in [1.165, 1.54) is 0 Å². The predicted molar refractivity (Wildman–Crippen MR) is 51.8 cm³/mol. The van der Waals surface area contributed by atoms with Gasteiger partial charge >= 0.3 is 0 Å². The molecular weight excluding hydrogens is 162 g/mol. The number of hydrogen-bond donors (Lipinski definition) is 0. The molecule has 0 unspecified atom stereocenters. The smallest absolute Gasteiger partial charge is 0.154 e. The molecule has 0 fully saturated rings. The second-order valence-corrected chi connectivity index (χ2v) is 3.06. The van der Waals surface area contributed by atoms with Gasteiger partial charge in [-0.3, -0.25) is 0 Å². The normalized spacial score (nSPS) is 10.5. The van der Waals surface area contributed by atoms with Crippen molar-refractivity contribution in [3.8, 4) is 5.82 Å². The van der Waals surface area contributed by atoms with Crippen LogP contribution in [0.3, 0.4) is 0 Å². The van der Waals surface area contributed by atoms with E-state index < -0.39 is 0 Å². The Morgan fingerprint density at radius 1 is 1.31 bits per heavy atom. The molecule has 0 bridgehead atoms. The molecule has 0 aliphatic heterocycles. The highest BCUT2D eigenvalue weighted by Gasteiger charge is 1.97. The minimum absolute atomic E-state index is 0.985. The van der Waals surface area contributed by atoms with E-state index in [0.717, 1.165) is 18.8 Å². The summed E-state index contributed by atoms with van der Waals surface area (Å²) < 4.78 is 4.11. The summed E-state index contributed by atoms with van der Waals surface area (Å²) >= 11 is 0. The van der Waals surface area contributed by atoms with Gasteiger partial charge in [-0.1, -0.05) is 6.92 Å². The van der Waals surface area contributed by atoms with E-state index in [2.05, 4.69) is 22.7 Å². The number of rotatable bonds is 3. The average Bonchev–Trinajstić information content (AvgIpc) is 2.70. The van der Waals surface area contributed by atoms with Gasteiger partial charge in [-0.25, -0.2) is 4.98 Å². The fourth-order valence-electron chi connectivity index (χ4n) is 1.35. The lowest BCUT2D eigenvalue weighted by atomic mass is 10.5. The zero-order valence-corrected chi connectivity index (χ0v) is 7.72. The third-order valence-electron chi connectivity index (χ3n) is 1.97. The van der Waals surface area contributed by atoms with Crippen LogP contribution in [0.15, 0.2) is 37.1 Å². The van der Waals surface area contributed by atoms with Crippen molar-refractivity contribution in [3.63, 3.8) is 0 Å². The summed E-state index contributed by atoms with van der Waals surface area (Å²) in [6, 6.07) is 4.00. The first-order chi connectivity index (χ1) is 6.40. The number of hydrogen-bond acceptors (Lipinski definition) is 1. The van der Waals surface area contributed by atoms with Gasteiger partial charge in [-0.05, 0) is 18.6 Å².